The minimum absolute atomic E-state index is 0.276. The molecule has 0 fully saturated rings. The molecule has 106 valence electrons. The van der Waals surface area contributed by atoms with Crippen molar-refractivity contribution in [2.24, 2.45) is 0 Å². The van der Waals surface area contributed by atoms with Crippen molar-refractivity contribution in [3.8, 4) is 5.69 Å². The Labute approximate surface area is 126 Å². The Balaban J connectivity index is 1.76. The Morgan fingerprint density at radius 3 is 2.71 bits per heavy atom. The maximum absolute atomic E-state index is 13.7. The Hall–Kier alpha value is -2.40. The Morgan fingerprint density at radius 2 is 1.90 bits per heavy atom. The Morgan fingerprint density at radius 1 is 1.10 bits per heavy atom. The van der Waals surface area contributed by atoms with E-state index in [0.717, 1.165) is 11.4 Å². The summed E-state index contributed by atoms with van der Waals surface area (Å²) >= 11 is 5.88. The molecule has 21 heavy (non-hydrogen) atoms. The standard InChI is InChI=1S/C15H12ClFN4/c16-12-4-5-15(17)11(6-12)8-18-13-2-1-3-14(7-13)21-9-19-20-10-21/h1-7,9-10,18H,8H2. The summed E-state index contributed by atoms with van der Waals surface area (Å²) in [6.45, 7) is 0.359. The molecule has 0 amide bonds. The van der Waals surface area contributed by atoms with Crippen LogP contribution in [0.2, 0.25) is 5.02 Å². The van der Waals surface area contributed by atoms with Crippen molar-refractivity contribution in [2.45, 2.75) is 6.54 Å². The molecule has 0 atom stereocenters. The van der Waals surface area contributed by atoms with Crippen LogP contribution < -0.4 is 5.32 Å². The van der Waals surface area contributed by atoms with Crippen LogP contribution in [0.15, 0.2) is 55.1 Å². The van der Waals surface area contributed by atoms with Gasteiger partial charge in [-0.05, 0) is 36.4 Å². The predicted octanol–water partition coefficient (Wildman–Crippen LogP) is 3.67. The van der Waals surface area contributed by atoms with Gasteiger partial charge in [0.1, 0.15) is 18.5 Å². The highest BCUT2D eigenvalue weighted by Gasteiger charge is 2.04. The highest BCUT2D eigenvalue weighted by Crippen LogP contribution is 2.18. The van der Waals surface area contributed by atoms with E-state index < -0.39 is 0 Å². The largest absolute Gasteiger partial charge is 0.381 e. The molecule has 0 aliphatic heterocycles. The molecule has 0 saturated heterocycles. The Bertz CT molecular complexity index is 743. The molecule has 3 rings (SSSR count). The van der Waals surface area contributed by atoms with Crippen LogP contribution in [0, 0.1) is 5.82 Å². The van der Waals surface area contributed by atoms with Gasteiger partial charge >= 0.3 is 0 Å². The van der Waals surface area contributed by atoms with Gasteiger partial charge in [0.2, 0.25) is 0 Å². The molecule has 6 heteroatoms. The number of aromatic nitrogens is 3. The molecule has 0 aliphatic rings. The van der Waals surface area contributed by atoms with E-state index in [9.17, 15) is 4.39 Å². The average Bonchev–Trinajstić information content (AvgIpc) is 3.03. The van der Waals surface area contributed by atoms with Crippen molar-refractivity contribution in [1.29, 1.82) is 0 Å². The maximum atomic E-state index is 13.7. The lowest BCUT2D eigenvalue weighted by atomic mass is 10.2. The van der Waals surface area contributed by atoms with Crippen molar-refractivity contribution in [2.75, 3.05) is 5.32 Å². The zero-order valence-electron chi connectivity index (χ0n) is 11.0. The molecular formula is C15H12ClFN4. The van der Waals surface area contributed by atoms with Crippen LogP contribution in [0.3, 0.4) is 0 Å². The number of nitrogens with zero attached hydrogens (tertiary/aromatic N) is 3. The lowest BCUT2D eigenvalue weighted by molar-refractivity contribution is 0.613. The summed E-state index contributed by atoms with van der Waals surface area (Å²) in [4.78, 5) is 0. The molecule has 4 nitrogen and oxygen atoms in total. The highest BCUT2D eigenvalue weighted by molar-refractivity contribution is 6.30. The molecular weight excluding hydrogens is 291 g/mol. The third-order valence-corrected chi connectivity index (χ3v) is 3.29. The summed E-state index contributed by atoms with van der Waals surface area (Å²) in [6, 6.07) is 12.2. The van der Waals surface area contributed by atoms with E-state index in [2.05, 4.69) is 15.5 Å². The smallest absolute Gasteiger partial charge is 0.128 e. The molecule has 0 radical (unpaired) electrons. The number of hydrogen-bond acceptors (Lipinski definition) is 3. The zero-order chi connectivity index (χ0) is 14.7. The van der Waals surface area contributed by atoms with Gasteiger partial charge < -0.3 is 5.32 Å². The molecule has 3 aromatic rings. The number of benzene rings is 2. The van der Waals surface area contributed by atoms with Crippen LogP contribution in [-0.2, 0) is 6.54 Å². The van der Waals surface area contributed by atoms with Crippen LogP contribution >= 0.6 is 11.6 Å². The van der Waals surface area contributed by atoms with Crippen molar-refractivity contribution in [1.82, 2.24) is 14.8 Å². The quantitative estimate of drug-likeness (QED) is 0.799. The lowest BCUT2D eigenvalue weighted by Crippen LogP contribution is -2.02. The molecule has 1 N–H and O–H groups in total. The van der Waals surface area contributed by atoms with E-state index in [1.807, 2.05) is 24.3 Å². The van der Waals surface area contributed by atoms with Gasteiger partial charge in [-0.2, -0.15) is 0 Å². The summed E-state index contributed by atoms with van der Waals surface area (Å²) in [6.07, 6.45) is 3.24. The third-order valence-electron chi connectivity index (χ3n) is 3.05. The number of halogens is 2. The average molecular weight is 303 g/mol. The topological polar surface area (TPSA) is 42.7 Å². The van der Waals surface area contributed by atoms with Gasteiger partial charge in [0, 0.05) is 22.8 Å². The fraction of sp³-hybridized carbons (Fsp3) is 0.0667. The third kappa shape index (κ3) is 3.20. The fourth-order valence-electron chi connectivity index (χ4n) is 1.99. The van der Waals surface area contributed by atoms with E-state index in [4.69, 9.17) is 11.6 Å². The van der Waals surface area contributed by atoms with E-state index in [1.54, 1.807) is 23.3 Å². The first-order valence-corrected chi connectivity index (χ1v) is 6.73. The second kappa shape index (κ2) is 5.93. The molecule has 0 saturated carbocycles. The number of nitrogens with one attached hydrogen (secondary N) is 1. The van der Waals surface area contributed by atoms with E-state index >= 15 is 0 Å². The normalized spacial score (nSPS) is 10.6. The minimum atomic E-state index is -0.276. The Kier molecular flexibility index (Phi) is 3.83. The maximum Gasteiger partial charge on any atom is 0.128 e. The van der Waals surface area contributed by atoms with Gasteiger partial charge in [-0.3, -0.25) is 4.57 Å². The summed E-state index contributed by atoms with van der Waals surface area (Å²) in [5.41, 5.74) is 2.33. The van der Waals surface area contributed by atoms with Crippen LogP contribution in [-0.4, -0.2) is 14.8 Å². The zero-order valence-corrected chi connectivity index (χ0v) is 11.8. The molecule has 1 aromatic heterocycles. The van der Waals surface area contributed by atoms with Crippen LogP contribution in [0.1, 0.15) is 5.56 Å². The van der Waals surface area contributed by atoms with Crippen LogP contribution in [0.5, 0.6) is 0 Å². The SMILES string of the molecule is Fc1ccc(Cl)cc1CNc1cccc(-n2cnnc2)c1. The lowest BCUT2D eigenvalue weighted by Gasteiger charge is -2.09. The summed E-state index contributed by atoms with van der Waals surface area (Å²) in [5, 5.41) is 11.2. The first-order valence-electron chi connectivity index (χ1n) is 6.35. The summed E-state index contributed by atoms with van der Waals surface area (Å²) in [7, 11) is 0. The van der Waals surface area contributed by atoms with Gasteiger partial charge in [-0.15, -0.1) is 10.2 Å². The number of hydrogen-bond donors (Lipinski definition) is 1. The van der Waals surface area contributed by atoms with Crippen molar-refractivity contribution < 1.29 is 4.39 Å². The van der Waals surface area contributed by atoms with Gasteiger partial charge in [-0.25, -0.2) is 4.39 Å². The van der Waals surface area contributed by atoms with E-state index in [-0.39, 0.29) is 5.82 Å². The van der Waals surface area contributed by atoms with Crippen LogP contribution in [0.25, 0.3) is 5.69 Å². The minimum Gasteiger partial charge on any atom is -0.381 e. The second-order valence-corrected chi connectivity index (χ2v) is 4.95. The molecule has 1 heterocycles. The molecule has 0 aliphatic carbocycles. The highest BCUT2D eigenvalue weighted by atomic mass is 35.5. The number of anilines is 1. The van der Waals surface area contributed by atoms with Gasteiger partial charge in [0.05, 0.1) is 5.69 Å². The van der Waals surface area contributed by atoms with Crippen molar-refractivity contribution >= 4 is 17.3 Å². The van der Waals surface area contributed by atoms with Crippen molar-refractivity contribution in [3.63, 3.8) is 0 Å². The van der Waals surface area contributed by atoms with Gasteiger partial charge in [-0.1, -0.05) is 17.7 Å². The van der Waals surface area contributed by atoms with Crippen molar-refractivity contribution in [3.05, 3.63) is 71.5 Å². The predicted molar refractivity (Wildman–Crippen MR) is 80.1 cm³/mol. The summed E-state index contributed by atoms with van der Waals surface area (Å²) in [5.74, 6) is -0.276. The van der Waals surface area contributed by atoms with E-state index in [1.165, 1.54) is 12.1 Å². The first kappa shape index (κ1) is 13.6. The van der Waals surface area contributed by atoms with Gasteiger partial charge in [0.15, 0.2) is 0 Å². The molecule has 0 bridgehead atoms. The monoisotopic (exact) mass is 302 g/mol. The first-order chi connectivity index (χ1) is 10.2. The number of rotatable bonds is 4. The second-order valence-electron chi connectivity index (χ2n) is 4.51. The van der Waals surface area contributed by atoms with Crippen LogP contribution in [0.4, 0.5) is 10.1 Å². The van der Waals surface area contributed by atoms with Gasteiger partial charge in [0.25, 0.3) is 0 Å². The molecule has 0 unspecified atom stereocenters. The molecule has 2 aromatic carbocycles. The summed E-state index contributed by atoms with van der Waals surface area (Å²) < 4.78 is 15.5. The molecule has 0 spiro atoms. The fourth-order valence-corrected chi connectivity index (χ4v) is 2.18. The van der Waals surface area contributed by atoms with E-state index in [0.29, 0.717) is 17.1 Å².